The van der Waals surface area contributed by atoms with E-state index < -0.39 is 0 Å². The first-order valence-corrected chi connectivity index (χ1v) is 5.20. The van der Waals surface area contributed by atoms with Crippen LogP contribution in [0.1, 0.15) is 6.92 Å². The molecule has 0 fully saturated rings. The average molecular weight is 221 g/mol. The maximum absolute atomic E-state index is 5.68. The summed E-state index contributed by atoms with van der Waals surface area (Å²) in [7, 11) is 0. The minimum Gasteiger partial charge on any atom is -0.397 e. The van der Waals surface area contributed by atoms with E-state index >= 15 is 0 Å². The molecule has 1 aromatic rings. The Balaban J connectivity index is 2.27. The topological polar surface area (TPSA) is 73.3 Å². The van der Waals surface area contributed by atoms with Crippen LogP contribution in [0, 0.1) is 0 Å². The third kappa shape index (κ3) is 4.23. The van der Waals surface area contributed by atoms with Crippen LogP contribution in [-0.4, -0.2) is 19.8 Å². The van der Waals surface area contributed by atoms with E-state index in [1.165, 1.54) is 0 Å². The van der Waals surface area contributed by atoms with Crippen LogP contribution in [0.5, 0.6) is 0 Å². The molecule has 0 atom stereocenters. The second-order valence-electron chi connectivity index (χ2n) is 3.78. The standard InChI is InChI=1S/C12H19N3O/c1-9(2)8-16-6-5-15-10-3-4-11(13)12(14)7-10/h3-4,7,15H,1,5-6,8,13-14H2,2H3. The minimum absolute atomic E-state index is 0.591. The highest BCUT2D eigenvalue weighted by Crippen LogP contribution is 2.19. The lowest BCUT2D eigenvalue weighted by molar-refractivity contribution is 0.167. The Labute approximate surface area is 96.3 Å². The number of nitrogens with two attached hydrogens (primary N) is 2. The van der Waals surface area contributed by atoms with Crippen LogP contribution in [-0.2, 0) is 4.74 Å². The number of ether oxygens (including phenoxy) is 1. The van der Waals surface area contributed by atoms with Crippen molar-refractivity contribution in [3.63, 3.8) is 0 Å². The summed E-state index contributed by atoms with van der Waals surface area (Å²) >= 11 is 0. The van der Waals surface area contributed by atoms with Crippen LogP contribution >= 0.6 is 0 Å². The molecule has 0 saturated carbocycles. The van der Waals surface area contributed by atoms with Gasteiger partial charge in [0.2, 0.25) is 0 Å². The van der Waals surface area contributed by atoms with Crippen molar-refractivity contribution in [3.8, 4) is 0 Å². The first-order chi connectivity index (χ1) is 7.59. The van der Waals surface area contributed by atoms with Gasteiger partial charge in [0.25, 0.3) is 0 Å². The maximum atomic E-state index is 5.68. The van der Waals surface area contributed by atoms with Crippen LogP contribution in [0.3, 0.4) is 0 Å². The Morgan fingerprint density at radius 1 is 1.38 bits per heavy atom. The number of hydrogen-bond acceptors (Lipinski definition) is 4. The lowest BCUT2D eigenvalue weighted by Crippen LogP contribution is -2.10. The van der Waals surface area contributed by atoms with Crippen LogP contribution in [0.2, 0.25) is 0 Å². The van der Waals surface area contributed by atoms with Crippen molar-refractivity contribution in [1.29, 1.82) is 0 Å². The van der Waals surface area contributed by atoms with Gasteiger partial charge >= 0.3 is 0 Å². The van der Waals surface area contributed by atoms with Crippen molar-refractivity contribution in [2.24, 2.45) is 0 Å². The fourth-order valence-electron chi connectivity index (χ4n) is 1.20. The van der Waals surface area contributed by atoms with E-state index in [1.807, 2.05) is 19.1 Å². The quantitative estimate of drug-likeness (QED) is 0.389. The van der Waals surface area contributed by atoms with Crippen molar-refractivity contribution in [2.45, 2.75) is 6.92 Å². The van der Waals surface area contributed by atoms with Gasteiger partial charge in [0.15, 0.2) is 0 Å². The summed E-state index contributed by atoms with van der Waals surface area (Å²) in [6.07, 6.45) is 0. The summed E-state index contributed by atoms with van der Waals surface area (Å²) in [6, 6.07) is 5.49. The summed E-state index contributed by atoms with van der Waals surface area (Å²) in [5, 5.41) is 3.20. The Morgan fingerprint density at radius 3 is 2.75 bits per heavy atom. The van der Waals surface area contributed by atoms with Crippen LogP contribution in [0.15, 0.2) is 30.4 Å². The van der Waals surface area contributed by atoms with Gasteiger partial charge in [-0.1, -0.05) is 12.2 Å². The van der Waals surface area contributed by atoms with Gasteiger partial charge in [-0.25, -0.2) is 0 Å². The summed E-state index contributed by atoms with van der Waals surface area (Å²) in [5.41, 5.74) is 14.5. The molecule has 0 unspecified atom stereocenters. The van der Waals surface area contributed by atoms with E-state index in [9.17, 15) is 0 Å². The van der Waals surface area contributed by atoms with Crippen molar-refractivity contribution < 1.29 is 4.74 Å². The molecule has 5 N–H and O–H groups in total. The van der Waals surface area contributed by atoms with E-state index in [-0.39, 0.29) is 0 Å². The Kier molecular flexibility index (Phi) is 4.66. The molecule has 1 rings (SSSR count). The number of rotatable bonds is 6. The maximum Gasteiger partial charge on any atom is 0.0672 e. The van der Waals surface area contributed by atoms with Crippen molar-refractivity contribution in [1.82, 2.24) is 0 Å². The third-order valence-electron chi connectivity index (χ3n) is 2.01. The second kappa shape index (κ2) is 6.02. The minimum atomic E-state index is 0.591. The predicted molar refractivity (Wildman–Crippen MR) is 69.4 cm³/mol. The highest BCUT2D eigenvalue weighted by Gasteiger charge is 1.96. The van der Waals surface area contributed by atoms with Gasteiger partial charge in [-0.2, -0.15) is 0 Å². The van der Waals surface area contributed by atoms with Crippen molar-refractivity contribution >= 4 is 17.1 Å². The molecule has 0 aliphatic rings. The highest BCUT2D eigenvalue weighted by atomic mass is 16.5. The lowest BCUT2D eigenvalue weighted by Gasteiger charge is -2.08. The van der Waals surface area contributed by atoms with Crippen molar-refractivity contribution in [3.05, 3.63) is 30.4 Å². The van der Waals surface area contributed by atoms with Gasteiger partial charge in [-0.05, 0) is 25.1 Å². The molecule has 0 spiro atoms. The van der Waals surface area contributed by atoms with Gasteiger partial charge in [0.1, 0.15) is 0 Å². The Morgan fingerprint density at radius 2 is 2.12 bits per heavy atom. The molecule has 4 heteroatoms. The Hall–Kier alpha value is -1.68. The van der Waals surface area contributed by atoms with Crippen molar-refractivity contribution in [2.75, 3.05) is 36.5 Å². The number of benzene rings is 1. The molecule has 88 valence electrons. The average Bonchev–Trinajstić information content (AvgIpc) is 2.22. The SMILES string of the molecule is C=C(C)COCCNc1ccc(N)c(N)c1. The molecule has 0 saturated heterocycles. The van der Waals surface area contributed by atoms with Gasteiger partial charge in [0.05, 0.1) is 24.6 Å². The molecular weight excluding hydrogens is 202 g/mol. The number of hydrogen-bond donors (Lipinski definition) is 3. The molecule has 4 nitrogen and oxygen atoms in total. The number of nitrogens with one attached hydrogen (secondary N) is 1. The van der Waals surface area contributed by atoms with E-state index in [4.69, 9.17) is 16.2 Å². The predicted octanol–water partition coefficient (Wildman–Crippen LogP) is 1.86. The van der Waals surface area contributed by atoms with E-state index in [0.717, 1.165) is 17.8 Å². The lowest BCUT2D eigenvalue weighted by atomic mass is 10.2. The molecule has 16 heavy (non-hydrogen) atoms. The van der Waals surface area contributed by atoms with E-state index in [2.05, 4.69) is 11.9 Å². The molecule has 0 bridgehead atoms. The molecule has 0 heterocycles. The number of nitrogen functional groups attached to an aromatic ring is 2. The Bertz CT molecular complexity index is 363. The highest BCUT2D eigenvalue weighted by molar-refractivity contribution is 5.69. The molecule has 0 radical (unpaired) electrons. The zero-order valence-corrected chi connectivity index (χ0v) is 9.62. The van der Waals surface area contributed by atoms with Crippen LogP contribution in [0.4, 0.5) is 17.1 Å². The molecule has 1 aromatic carbocycles. The zero-order chi connectivity index (χ0) is 12.0. The fraction of sp³-hybridized carbons (Fsp3) is 0.333. The van der Waals surface area contributed by atoms with E-state index in [1.54, 1.807) is 6.07 Å². The van der Waals surface area contributed by atoms with Crippen LogP contribution in [0.25, 0.3) is 0 Å². The summed E-state index contributed by atoms with van der Waals surface area (Å²) < 4.78 is 5.35. The molecule has 0 aliphatic heterocycles. The molecule has 0 aliphatic carbocycles. The largest absolute Gasteiger partial charge is 0.397 e. The summed E-state index contributed by atoms with van der Waals surface area (Å²) in [4.78, 5) is 0. The summed E-state index contributed by atoms with van der Waals surface area (Å²) in [6.45, 7) is 7.67. The second-order valence-corrected chi connectivity index (χ2v) is 3.78. The summed E-state index contributed by atoms with van der Waals surface area (Å²) in [5.74, 6) is 0. The van der Waals surface area contributed by atoms with Gasteiger partial charge in [-0.3, -0.25) is 0 Å². The van der Waals surface area contributed by atoms with Gasteiger partial charge in [0, 0.05) is 12.2 Å². The molecular formula is C12H19N3O. The van der Waals surface area contributed by atoms with Gasteiger partial charge in [-0.15, -0.1) is 0 Å². The first kappa shape index (κ1) is 12.4. The molecule has 0 aromatic heterocycles. The smallest absolute Gasteiger partial charge is 0.0672 e. The first-order valence-electron chi connectivity index (χ1n) is 5.20. The van der Waals surface area contributed by atoms with E-state index in [0.29, 0.717) is 24.6 Å². The molecule has 0 amide bonds. The third-order valence-corrected chi connectivity index (χ3v) is 2.01. The fourth-order valence-corrected chi connectivity index (χ4v) is 1.20. The zero-order valence-electron chi connectivity index (χ0n) is 9.62. The number of anilines is 3. The van der Waals surface area contributed by atoms with Gasteiger partial charge < -0.3 is 21.5 Å². The monoisotopic (exact) mass is 221 g/mol. The normalized spacial score (nSPS) is 10.1. The van der Waals surface area contributed by atoms with Crippen LogP contribution < -0.4 is 16.8 Å².